The molecule has 0 spiro atoms. The van der Waals surface area contributed by atoms with Gasteiger partial charge in [-0.3, -0.25) is 14.2 Å². The van der Waals surface area contributed by atoms with Gasteiger partial charge in [0.2, 0.25) is 0 Å². The zero-order chi connectivity index (χ0) is 18.6. The van der Waals surface area contributed by atoms with Crippen LogP contribution in [0.5, 0.6) is 0 Å². The van der Waals surface area contributed by atoms with Crippen molar-refractivity contribution < 1.29 is 4.79 Å². The van der Waals surface area contributed by atoms with Gasteiger partial charge in [-0.15, -0.1) is 11.3 Å². The van der Waals surface area contributed by atoms with Crippen LogP contribution in [-0.2, 0) is 26.4 Å². The summed E-state index contributed by atoms with van der Waals surface area (Å²) < 4.78 is 3.46. The van der Waals surface area contributed by atoms with Crippen LogP contribution < -0.4 is 5.56 Å². The van der Waals surface area contributed by atoms with Crippen molar-refractivity contribution in [1.82, 2.24) is 14.1 Å². The first kappa shape index (κ1) is 17.2. The van der Waals surface area contributed by atoms with Crippen LogP contribution in [0, 0.1) is 19.8 Å². The summed E-state index contributed by atoms with van der Waals surface area (Å²) >= 11 is 1.64. The second-order valence-electron chi connectivity index (χ2n) is 7.48. The number of nitrogens with zero attached hydrogens (tertiary/aromatic N) is 3. The number of aryl methyl sites for hydroxylation is 2. The molecule has 1 atom stereocenters. The number of carbonyl (C=O) groups is 1. The fraction of sp³-hybridized carbons (Fsp3) is 0.450. The van der Waals surface area contributed by atoms with Crippen molar-refractivity contribution in [2.75, 3.05) is 0 Å². The van der Waals surface area contributed by atoms with Gasteiger partial charge in [0.05, 0.1) is 18.3 Å². The molecule has 0 N–H and O–H groups in total. The summed E-state index contributed by atoms with van der Waals surface area (Å²) in [6, 6.07) is 1.89. The summed E-state index contributed by atoms with van der Waals surface area (Å²) in [6.45, 7) is 6.19. The van der Waals surface area contributed by atoms with Gasteiger partial charge < -0.3 is 4.57 Å². The van der Waals surface area contributed by atoms with Gasteiger partial charge in [-0.2, -0.15) is 0 Å². The summed E-state index contributed by atoms with van der Waals surface area (Å²) in [7, 11) is 1.94. The highest BCUT2D eigenvalue weighted by atomic mass is 32.1. The van der Waals surface area contributed by atoms with E-state index in [1.807, 2.05) is 31.5 Å². The average molecular weight is 369 g/mol. The smallest absolute Gasteiger partial charge is 0.262 e. The number of thiophene rings is 1. The predicted molar refractivity (Wildman–Crippen MR) is 104 cm³/mol. The van der Waals surface area contributed by atoms with Crippen molar-refractivity contribution in [3.05, 3.63) is 50.1 Å². The predicted octanol–water partition coefficient (Wildman–Crippen LogP) is 3.42. The lowest BCUT2D eigenvalue weighted by molar-refractivity contribution is 0.0970. The molecule has 3 heterocycles. The molecule has 0 saturated heterocycles. The normalized spacial score (nSPS) is 16.8. The molecule has 4 rings (SSSR count). The third-order valence-electron chi connectivity index (χ3n) is 5.67. The van der Waals surface area contributed by atoms with Crippen molar-refractivity contribution in [3.8, 4) is 0 Å². The second kappa shape index (κ2) is 6.20. The number of hydrogen-bond donors (Lipinski definition) is 0. The molecular weight excluding hydrogens is 346 g/mol. The molecule has 0 fully saturated rings. The van der Waals surface area contributed by atoms with E-state index in [0.29, 0.717) is 11.5 Å². The van der Waals surface area contributed by atoms with Gasteiger partial charge in [-0.1, -0.05) is 6.92 Å². The molecule has 1 aliphatic rings. The van der Waals surface area contributed by atoms with Gasteiger partial charge in [-0.25, -0.2) is 4.98 Å². The maximum absolute atomic E-state index is 13.0. The molecule has 6 heteroatoms. The van der Waals surface area contributed by atoms with Gasteiger partial charge in [0.1, 0.15) is 4.83 Å². The first-order valence-electron chi connectivity index (χ1n) is 9.02. The molecule has 0 radical (unpaired) electrons. The van der Waals surface area contributed by atoms with Crippen LogP contribution in [0.4, 0.5) is 0 Å². The molecule has 0 aliphatic heterocycles. The van der Waals surface area contributed by atoms with E-state index in [1.165, 1.54) is 15.8 Å². The Hall–Kier alpha value is -2.21. The Morgan fingerprint density at radius 3 is 2.85 bits per heavy atom. The number of Topliss-reactive ketones (excluding diaryl/α,β-unsaturated/α-hetero) is 1. The highest BCUT2D eigenvalue weighted by Crippen LogP contribution is 2.35. The largest absolute Gasteiger partial charge is 0.351 e. The van der Waals surface area contributed by atoms with E-state index in [0.717, 1.165) is 46.4 Å². The number of rotatable bonds is 3. The fourth-order valence-electron chi connectivity index (χ4n) is 3.86. The molecule has 0 bridgehead atoms. The van der Waals surface area contributed by atoms with Crippen LogP contribution in [0.2, 0.25) is 0 Å². The van der Waals surface area contributed by atoms with Gasteiger partial charge >= 0.3 is 0 Å². The zero-order valence-corrected chi connectivity index (χ0v) is 16.4. The Labute approximate surface area is 156 Å². The lowest BCUT2D eigenvalue weighted by atomic mass is 9.89. The van der Waals surface area contributed by atoms with Crippen LogP contribution in [0.1, 0.15) is 45.5 Å². The summed E-state index contributed by atoms with van der Waals surface area (Å²) in [5.74, 6) is 0.607. The quantitative estimate of drug-likeness (QED) is 0.665. The van der Waals surface area contributed by atoms with E-state index in [9.17, 15) is 9.59 Å². The Kier molecular flexibility index (Phi) is 4.10. The van der Waals surface area contributed by atoms with Crippen molar-refractivity contribution >= 4 is 27.3 Å². The van der Waals surface area contributed by atoms with E-state index in [1.54, 1.807) is 11.3 Å². The minimum absolute atomic E-state index is 0.0348. The van der Waals surface area contributed by atoms with Crippen LogP contribution in [-0.4, -0.2) is 19.9 Å². The minimum atomic E-state index is -0.0827. The second-order valence-corrected chi connectivity index (χ2v) is 8.56. The number of hydrogen-bond acceptors (Lipinski definition) is 4. The molecule has 3 aromatic heterocycles. The van der Waals surface area contributed by atoms with Crippen molar-refractivity contribution in [1.29, 1.82) is 0 Å². The summed E-state index contributed by atoms with van der Waals surface area (Å²) in [5.41, 5.74) is 3.72. The van der Waals surface area contributed by atoms with Crippen molar-refractivity contribution in [3.63, 3.8) is 0 Å². The minimum Gasteiger partial charge on any atom is -0.351 e. The Bertz CT molecular complexity index is 1090. The number of fused-ring (bicyclic) bond motifs is 3. The number of carbonyl (C=O) groups excluding carboxylic acids is 1. The van der Waals surface area contributed by atoms with Crippen LogP contribution in [0.3, 0.4) is 0 Å². The third kappa shape index (κ3) is 2.63. The van der Waals surface area contributed by atoms with Gasteiger partial charge in [-0.05, 0) is 50.7 Å². The lowest BCUT2D eigenvalue weighted by Gasteiger charge is -2.17. The van der Waals surface area contributed by atoms with Crippen LogP contribution >= 0.6 is 11.3 Å². The van der Waals surface area contributed by atoms with Gasteiger partial charge in [0.15, 0.2) is 5.78 Å². The average Bonchev–Trinajstić information content (AvgIpc) is 3.09. The summed E-state index contributed by atoms with van der Waals surface area (Å²) in [4.78, 5) is 32.4. The van der Waals surface area contributed by atoms with Crippen LogP contribution in [0.15, 0.2) is 17.2 Å². The highest BCUT2D eigenvalue weighted by Gasteiger charge is 2.24. The highest BCUT2D eigenvalue weighted by molar-refractivity contribution is 7.18. The first-order chi connectivity index (χ1) is 12.4. The molecule has 136 valence electrons. The van der Waals surface area contributed by atoms with E-state index in [4.69, 9.17) is 0 Å². The molecule has 0 amide bonds. The standard InChI is InChI=1S/C20H23N3O2S/c1-11-5-6-14-17(7-11)26-19-18(14)20(25)23(10-21-19)9-16(24)15-8-12(2)22(4)13(15)3/h8,10-11H,5-7,9H2,1-4H3/t11-/m1/s1. The van der Waals surface area contributed by atoms with E-state index in [-0.39, 0.29) is 17.9 Å². The van der Waals surface area contributed by atoms with Crippen molar-refractivity contribution in [2.45, 2.75) is 46.6 Å². The zero-order valence-electron chi connectivity index (χ0n) is 15.6. The molecule has 26 heavy (non-hydrogen) atoms. The Balaban J connectivity index is 1.73. The molecule has 5 nitrogen and oxygen atoms in total. The first-order valence-corrected chi connectivity index (χ1v) is 9.84. The Morgan fingerprint density at radius 2 is 2.15 bits per heavy atom. The summed E-state index contributed by atoms with van der Waals surface area (Å²) in [6.07, 6.45) is 4.59. The molecule has 1 aliphatic carbocycles. The van der Waals surface area contributed by atoms with E-state index >= 15 is 0 Å². The van der Waals surface area contributed by atoms with E-state index < -0.39 is 0 Å². The third-order valence-corrected chi connectivity index (χ3v) is 6.83. The van der Waals surface area contributed by atoms with Gasteiger partial charge in [0, 0.05) is 28.9 Å². The van der Waals surface area contributed by atoms with E-state index in [2.05, 4.69) is 11.9 Å². The van der Waals surface area contributed by atoms with Gasteiger partial charge in [0.25, 0.3) is 5.56 Å². The molecule has 0 unspecified atom stereocenters. The van der Waals surface area contributed by atoms with Crippen LogP contribution in [0.25, 0.3) is 10.2 Å². The topological polar surface area (TPSA) is 56.9 Å². The van der Waals surface area contributed by atoms with Crippen molar-refractivity contribution in [2.24, 2.45) is 13.0 Å². The SMILES string of the molecule is Cc1cc(C(=O)Cn2cnc3sc4c(c3c2=O)CC[C@@H](C)C4)c(C)n1C. The maximum atomic E-state index is 13.0. The summed E-state index contributed by atoms with van der Waals surface area (Å²) in [5, 5.41) is 0.730. The lowest BCUT2D eigenvalue weighted by Crippen LogP contribution is -2.25. The fourth-order valence-corrected chi connectivity index (χ4v) is 5.20. The number of ketones is 1. The molecule has 3 aromatic rings. The number of aromatic nitrogens is 3. The molecular formula is C20H23N3O2S. The molecule has 0 aromatic carbocycles. The Morgan fingerprint density at radius 1 is 1.38 bits per heavy atom. The monoisotopic (exact) mass is 369 g/mol. The maximum Gasteiger partial charge on any atom is 0.262 e. The molecule has 0 saturated carbocycles.